The van der Waals surface area contributed by atoms with Crippen molar-refractivity contribution >= 4 is 29.1 Å². The number of fused-ring (bicyclic) bond motifs is 1. The van der Waals surface area contributed by atoms with Gasteiger partial charge in [-0.15, -0.1) is 0 Å². The van der Waals surface area contributed by atoms with E-state index in [-0.39, 0.29) is 11.8 Å². The Morgan fingerprint density at radius 1 is 1.18 bits per heavy atom. The highest BCUT2D eigenvalue weighted by molar-refractivity contribution is 6.39. The molecule has 6 nitrogen and oxygen atoms in total. The highest BCUT2D eigenvalue weighted by Gasteiger charge is 2.35. The predicted molar refractivity (Wildman–Crippen MR) is 82.5 cm³/mol. The standard InChI is InChI=1S/C16H19N3O3/c1-17-14(20)15(21)18-12-7-6-10-3-2-8-19(13(10)9-12)16(22)11-4-5-11/h6-7,9,11H,2-5,8H2,1H3,(H,17,20)(H,18,21). The van der Waals surface area contributed by atoms with Gasteiger partial charge in [0.05, 0.1) is 0 Å². The van der Waals surface area contributed by atoms with E-state index in [9.17, 15) is 14.4 Å². The van der Waals surface area contributed by atoms with Crippen LogP contribution in [0, 0.1) is 5.92 Å². The van der Waals surface area contributed by atoms with Crippen molar-refractivity contribution in [1.29, 1.82) is 0 Å². The van der Waals surface area contributed by atoms with Crippen LogP contribution in [0.1, 0.15) is 24.8 Å². The number of hydrogen-bond acceptors (Lipinski definition) is 3. The zero-order chi connectivity index (χ0) is 15.7. The van der Waals surface area contributed by atoms with E-state index in [1.807, 2.05) is 11.0 Å². The van der Waals surface area contributed by atoms with Crippen LogP contribution in [0.3, 0.4) is 0 Å². The van der Waals surface area contributed by atoms with E-state index in [1.54, 1.807) is 12.1 Å². The van der Waals surface area contributed by atoms with Gasteiger partial charge in [-0.2, -0.15) is 0 Å². The van der Waals surface area contributed by atoms with Gasteiger partial charge in [-0.05, 0) is 43.4 Å². The van der Waals surface area contributed by atoms with Crippen molar-refractivity contribution in [1.82, 2.24) is 5.32 Å². The van der Waals surface area contributed by atoms with Gasteiger partial charge >= 0.3 is 11.8 Å². The Hall–Kier alpha value is -2.37. The quantitative estimate of drug-likeness (QED) is 0.802. The Labute approximate surface area is 128 Å². The minimum atomic E-state index is -0.710. The van der Waals surface area contributed by atoms with E-state index in [0.29, 0.717) is 5.69 Å². The molecule has 2 N–H and O–H groups in total. The first-order valence-corrected chi connectivity index (χ1v) is 7.57. The molecule has 3 rings (SSSR count). The fourth-order valence-electron chi connectivity index (χ4n) is 2.73. The van der Waals surface area contributed by atoms with E-state index in [0.717, 1.165) is 43.5 Å². The first kappa shape index (κ1) is 14.6. The summed E-state index contributed by atoms with van der Waals surface area (Å²) >= 11 is 0. The number of aryl methyl sites for hydroxylation is 1. The molecule has 116 valence electrons. The molecule has 0 radical (unpaired) electrons. The topological polar surface area (TPSA) is 78.5 Å². The molecule has 1 aromatic carbocycles. The summed E-state index contributed by atoms with van der Waals surface area (Å²) in [5.74, 6) is -1.06. The molecule has 0 saturated heterocycles. The van der Waals surface area contributed by atoms with E-state index in [1.165, 1.54) is 7.05 Å². The number of anilines is 2. The fraction of sp³-hybridized carbons (Fsp3) is 0.438. The van der Waals surface area contributed by atoms with Crippen LogP contribution in [0.5, 0.6) is 0 Å². The van der Waals surface area contributed by atoms with Crippen molar-refractivity contribution in [3.05, 3.63) is 23.8 Å². The maximum Gasteiger partial charge on any atom is 0.313 e. The third kappa shape index (κ3) is 2.81. The predicted octanol–water partition coefficient (Wildman–Crippen LogP) is 1.06. The number of hydrogen-bond donors (Lipinski definition) is 2. The second kappa shape index (κ2) is 5.79. The largest absolute Gasteiger partial charge is 0.351 e. The molecule has 1 saturated carbocycles. The highest BCUT2D eigenvalue weighted by atomic mass is 16.2. The lowest BCUT2D eigenvalue weighted by Gasteiger charge is -2.30. The molecule has 0 unspecified atom stereocenters. The Kier molecular flexibility index (Phi) is 3.83. The lowest BCUT2D eigenvalue weighted by molar-refractivity contribution is -0.135. The number of nitrogens with one attached hydrogen (secondary N) is 2. The van der Waals surface area contributed by atoms with Gasteiger partial charge in [0.2, 0.25) is 5.91 Å². The van der Waals surface area contributed by atoms with Crippen LogP contribution in [-0.4, -0.2) is 31.3 Å². The smallest absolute Gasteiger partial charge is 0.313 e. The van der Waals surface area contributed by atoms with E-state index < -0.39 is 11.8 Å². The highest BCUT2D eigenvalue weighted by Crippen LogP contribution is 2.36. The lowest BCUT2D eigenvalue weighted by atomic mass is 10.0. The van der Waals surface area contributed by atoms with Crippen LogP contribution in [0.2, 0.25) is 0 Å². The van der Waals surface area contributed by atoms with Crippen molar-refractivity contribution in [2.24, 2.45) is 5.92 Å². The first-order valence-electron chi connectivity index (χ1n) is 7.57. The molecule has 1 aromatic rings. The van der Waals surface area contributed by atoms with Crippen LogP contribution in [-0.2, 0) is 20.8 Å². The van der Waals surface area contributed by atoms with Crippen molar-refractivity contribution in [2.45, 2.75) is 25.7 Å². The summed E-state index contributed by atoms with van der Waals surface area (Å²) in [6.45, 7) is 0.717. The summed E-state index contributed by atoms with van der Waals surface area (Å²) in [4.78, 5) is 37.1. The van der Waals surface area contributed by atoms with E-state index in [4.69, 9.17) is 0 Å². The first-order chi connectivity index (χ1) is 10.6. The summed E-state index contributed by atoms with van der Waals surface area (Å²) in [6.07, 6.45) is 3.82. The number of nitrogens with zero attached hydrogens (tertiary/aromatic N) is 1. The number of likely N-dealkylation sites (N-methyl/N-ethyl adjacent to an activating group) is 1. The summed E-state index contributed by atoms with van der Waals surface area (Å²) in [7, 11) is 1.41. The normalized spacial score (nSPS) is 16.7. The second-order valence-corrected chi connectivity index (χ2v) is 5.74. The number of benzene rings is 1. The van der Waals surface area contributed by atoms with Crippen molar-refractivity contribution in [3.8, 4) is 0 Å². The molecule has 2 aliphatic rings. The van der Waals surface area contributed by atoms with Crippen LogP contribution in [0.25, 0.3) is 0 Å². The number of amides is 3. The Balaban J connectivity index is 1.84. The van der Waals surface area contributed by atoms with Gasteiger partial charge in [0.25, 0.3) is 0 Å². The number of carbonyl (C=O) groups excluding carboxylic acids is 3. The lowest BCUT2D eigenvalue weighted by Crippen LogP contribution is -2.37. The Bertz CT molecular complexity index is 638. The van der Waals surface area contributed by atoms with E-state index in [2.05, 4.69) is 10.6 Å². The van der Waals surface area contributed by atoms with Crippen LogP contribution >= 0.6 is 0 Å². The van der Waals surface area contributed by atoms with Gasteiger partial charge in [0.15, 0.2) is 0 Å². The fourth-order valence-corrected chi connectivity index (χ4v) is 2.73. The van der Waals surface area contributed by atoms with Crippen molar-refractivity contribution < 1.29 is 14.4 Å². The molecule has 1 aliphatic heterocycles. The van der Waals surface area contributed by atoms with Gasteiger partial charge in [0, 0.05) is 30.9 Å². The molecule has 1 heterocycles. The average molecular weight is 301 g/mol. The number of carbonyl (C=O) groups is 3. The molecule has 0 atom stereocenters. The Morgan fingerprint density at radius 3 is 2.64 bits per heavy atom. The summed E-state index contributed by atoms with van der Waals surface area (Å²) in [5.41, 5.74) is 2.50. The van der Waals surface area contributed by atoms with Gasteiger partial charge in [-0.1, -0.05) is 6.07 Å². The minimum Gasteiger partial charge on any atom is -0.351 e. The van der Waals surface area contributed by atoms with Gasteiger partial charge in [-0.25, -0.2) is 0 Å². The Morgan fingerprint density at radius 2 is 1.95 bits per heavy atom. The van der Waals surface area contributed by atoms with Gasteiger partial charge < -0.3 is 15.5 Å². The zero-order valence-electron chi connectivity index (χ0n) is 12.5. The molecule has 6 heteroatoms. The zero-order valence-corrected chi connectivity index (χ0v) is 12.5. The third-order valence-electron chi connectivity index (χ3n) is 4.09. The summed E-state index contributed by atoms with van der Waals surface area (Å²) in [6, 6.07) is 5.47. The number of rotatable bonds is 2. The van der Waals surface area contributed by atoms with E-state index >= 15 is 0 Å². The molecule has 3 amide bonds. The molecular weight excluding hydrogens is 282 g/mol. The molecular formula is C16H19N3O3. The maximum absolute atomic E-state index is 12.4. The van der Waals surface area contributed by atoms with Crippen LogP contribution < -0.4 is 15.5 Å². The van der Waals surface area contributed by atoms with Gasteiger partial charge in [0.1, 0.15) is 0 Å². The second-order valence-electron chi connectivity index (χ2n) is 5.74. The third-order valence-corrected chi connectivity index (χ3v) is 4.09. The molecule has 0 bridgehead atoms. The summed E-state index contributed by atoms with van der Waals surface area (Å²) in [5, 5.41) is 4.84. The van der Waals surface area contributed by atoms with Gasteiger partial charge in [-0.3, -0.25) is 14.4 Å². The molecule has 22 heavy (non-hydrogen) atoms. The summed E-state index contributed by atoms with van der Waals surface area (Å²) < 4.78 is 0. The molecule has 0 aromatic heterocycles. The SMILES string of the molecule is CNC(=O)C(=O)Nc1ccc2c(c1)N(C(=O)C1CC1)CCC2. The maximum atomic E-state index is 12.4. The monoisotopic (exact) mass is 301 g/mol. The van der Waals surface area contributed by atoms with Crippen LogP contribution in [0.15, 0.2) is 18.2 Å². The molecule has 1 fully saturated rings. The van der Waals surface area contributed by atoms with Crippen molar-refractivity contribution in [2.75, 3.05) is 23.8 Å². The van der Waals surface area contributed by atoms with Crippen LogP contribution in [0.4, 0.5) is 11.4 Å². The molecule has 0 spiro atoms. The minimum absolute atomic E-state index is 0.162. The van der Waals surface area contributed by atoms with Crippen molar-refractivity contribution in [3.63, 3.8) is 0 Å². The molecule has 1 aliphatic carbocycles. The average Bonchev–Trinajstić information content (AvgIpc) is 3.37.